The van der Waals surface area contributed by atoms with E-state index in [1.165, 1.54) is 6.21 Å². The third-order valence-electron chi connectivity index (χ3n) is 3.00. The summed E-state index contributed by atoms with van der Waals surface area (Å²) in [6.07, 6.45) is 2.96. The van der Waals surface area contributed by atoms with Gasteiger partial charge < -0.3 is 15.8 Å². The Morgan fingerprint density at radius 2 is 1.88 bits per heavy atom. The van der Waals surface area contributed by atoms with Crippen LogP contribution >= 0.6 is 0 Å². The van der Waals surface area contributed by atoms with E-state index in [-0.39, 0.29) is 13.2 Å². The summed E-state index contributed by atoms with van der Waals surface area (Å²) in [7, 11) is 0. The molecule has 2 aromatic rings. The van der Waals surface area contributed by atoms with Crippen molar-refractivity contribution in [3.63, 3.8) is 0 Å². The molecule has 0 radical (unpaired) electrons. The highest BCUT2D eigenvalue weighted by Gasteiger charge is 2.11. The Labute approximate surface area is 149 Å². The molecule has 1 aromatic carbocycles. The smallest absolute Gasteiger partial charge is 0.329 e. The summed E-state index contributed by atoms with van der Waals surface area (Å²) in [4.78, 5) is 37.9. The number of nitrogens with zero attached hydrogens (tertiary/aromatic N) is 2. The molecule has 1 heterocycles. The molecular weight excluding hydrogens is 338 g/mol. The minimum Gasteiger partial charge on any atom is -0.484 e. The topological polar surface area (TPSA) is 136 Å². The van der Waals surface area contributed by atoms with Gasteiger partial charge in [0.05, 0.1) is 18.5 Å². The summed E-state index contributed by atoms with van der Waals surface area (Å²) in [5, 5.41) is 6.14. The molecule has 9 nitrogen and oxygen atoms in total. The van der Waals surface area contributed by atoms with E-state index in [1.54, 1.807) is 48.7 Å². The molecule has 0 aliphatic heterocycles. The monoisotopic (exact) mass is 355 g/mol. The van der Waals surface area contributed by atoms with E-state index in [0.29, 0.717) is 17.0 Å². The Hall–Kier alpha value is -3.75. The first kappa shape index (κ1) is 18.6. The zero-order valence-electron chi connectivity index (χ0n) is 13.7. The van der Waals surface area contributed by atoms with E-state index in [4.69, 9.17) is 10.5 Å². The first-order valence-electron chi connectivity index (χ1n) is 7.57. The second-order valence-electron chi connectivity index (χ2n) is 5.03. The molecule has 2 rings (SSSR count). The molecule has 0 aliphatic carbocycles. The highest BCUT2D eigenvalue weighted by atomic mass is 16.5. The van der Waals surface area contributed by atoms with Crippen molar-refractivity contribution in [2.45, 2.75) is 6.54 Å². The Morgan fingerprint density at radius 3 is 2.54 bits per heavy atom. The van der Waals surface area contributed by atoms with E-state index < -0.39 is 17.7 Å². The molecule has 0 atom stereocenters. The Morgan fingerprint density at radius 1 is 1.12 bits per heavy atom. The van der Waals surface area contributed by atoms with Gasteiger partial charge in [0.2, 0.25) is 0 Å². The number of ether oxygens (including phenoxy) is 1. The number of amides is 3. The molecule has 0 spiro atoms. The lowest BCUT2D eigenvalue weighted by atomic mass is 10.2. The number of nitrogens with one attached hydrogen (secondary N) is 2. The first-order valence-corrected chi connectivity index (χ1v) is 7.57. The molecular formula is C17H17N5O4. The number of nitrogens with two attached hydrogens (primary N) is 1. The van der Waals surface area contributed by atoms with Crippen LogP contribution in [0.2, 0.25) is 0 Å². The average molecular weight is 355 g/mol. The highest BCUT2D eigenvalue weighted by Crippen LogP contribution is 2.10. The SMILES string of the molecule is NC(=O)COc1ccc(/C=N\NC(=O)C(=O)NCc2ccccn2)cc1. The van der Waals surface area contributed by atoms with E-state index in [2.05, 4.69) is 20.8 Å². The molecule has 4 N–H and O–H groups in total. The van der Waals surface area contributed by atoms with Gasteiger partial charge in [0.1, 0.15) is 5.75 Å². The predicted molar refractivity (Wildman–Crippen MR) is 93.0 cm³/mol. The van der Waals surface area contributed by atoms with Gasteiger partial charge in [-0.25, -0.2) is 5.43 Å². The summed E-state index contributed by atoms with van der Waals surface area (Å²) >= 11 is 0. The number of carbonyl (C=O) groups excluding carboxylic acids is 3. The second-order valence-corrected chi connectivity index (χ2v) is 5.03. The number of carbonyl (C=O) groups is 3. The zero-order chi connectivity index (χ0) is 18.8. The number of hydrazone groups is 1. The van der Waals surface area contributed by atoms with Crippen LogP contribution < -0.4 is 21.2 Å². The largest absolute Gasteiger partial charge is 0.484 e. The van der Waals surface area contributed by atoms with E-state index in [9.17, 15) is 14.4 Å². The highest BCUT2D eigenvalue weighted by molar-refractivity contribution is 6.35. The third kappa shape index (κ3) is 6.40. The van der Waals surface area contributed by atoms with Crippen molar-refractivity contribution in [1.82, 2.24) is 15.7 Å². The minimum absolute atomic E-state index is 0.142. The van der Waals surface area contributed by atoms with Crippen LogP contribution in [-0.4, -0.2) is 35.5 Å². The number of primary amides is 1. The van der Waals surface area contributed by atoms with Crippen LogP contribution in [0, 0.1) is 0 Å². The number of benzene rings is 1. The van der Waals surface area contributed by atoms with Crippen molar-refractivity contribution >= 4 is 23.9 Å². The van der Waals surface area contributed by atoms with Crippen molar-refractivity contribution in [3.8, 4) is 5.75 Å². The summed E-state index contributed by atoms with van der Waals surface area (Å²) in [5.41, 5.74) is 8.40. The standard InChI is InChI=1S/C17H17N5O4/c18-15(23)11-26-14-6-4-12(5-7-14)9-21-22-17(25)16(24)20-10-13-3-1-2-8-19-13/h1-9H,10-11H2,(H2,18,23)(H,20,24)(H,22,25)/b21-9-. The van der Waals surface area contributed by atoms with Crippen molar-refractivity contribution in [2.24, 2.45) is 10.8 Å². The molecule has 0 saturated carbocycles. The van der Waals surface area contributed by atoms with Gasteiger partial charge in [0, 0.05) is 6.20 Å². The molecule has 1 aromatic heterocycles. The lowest BCUT2D eigenvalue weighted by Crippen LogP contribution is -2.37. The molecule has 3 amide bonds. The van der Waals surface area contributed by atoms with Gasteiger partial charge in [-0.3, -0.25) is 19.4 Å². The lowest BCUT2D eigenvalue weighted by molar-refractivity contribution is -0.139. The van der Waals surface area contributed by atoms with Crippen LogP contribution in [0.15, 0.2) is 53.8 Å². The molecule has 9 heteroatoms. The van der Waals surface area contributed by atoms with Gasteiger partial charge in [0.15, 0.2) is 6.61 Å². The molecule has 26 heavy (non-hydrogen) atoms. The quantitative estimate of drug-likeness (QED) is 0.356. The van der Waals surface area contributed by atoms with Crippen LogP contribution in [0.5, 0.6) is 5.75 Å². The lowest BCUT2D eigenvalue weighted by Gasteiger charge is -2.04. The van der Waals surface area contributed by atoms with Crippen LogP contribution in [0.3, 0.4) is 0 Å². The van der Waals surface area contributed by atoms with E-state index in [0.717, 1.165) is 0 Å². The van der Waals surface area contributed by atoms with Gasteiger partial charge >= 0.3 is 11.8 Å². The molecule has 0 aliphatic rings. The number of hydrogen-bond acceptors (Lipinski definition) is 6. The van der Waals surface area contributed by atoms with Gasteiger partial charge in [-0.05, 0) is 42.0 Å². The van der Waals surface area contributed by atoms with Crippen LogP contribution in [0.25, 0.3) is 0 Å². The number of aromatic nitrogens is 1. The molecule has 0 unspecified atom stereocenters. The number of rotatable bonds is 7. The average Bonchev–Trinajstić information content (AvgIpc) is 2.66. The summed E-state index contributed by atoms with van der Waals surface area (Å²) in [5.74, 6) is -1.81. The van der Waals surface area contributed by atoms with Gasteiger partial charge in [-0.1, -0.05) is 6.07 Å². The normalized spacial score (nSPS) is 10.3. The molecule has 0 saturated heterocycles. The Balaban J connectivity index is 1.77. The first-order chi connectivity index (χ1) is 12.5. The molecule has 0 bridgehead atoms. The number of hydrogen-bond donors (Lipinski definition) is 3. The fraction of sp³-hybridized carbons (Fsp3) is 0.118. The maximum Gasteiger partial charge on any atom is 0.329 e. The van der Waals surface area contributed by atoms with Gasteiger partial charge in [-0.15, -0.1) is 0 Å². The maximum atomic E-state index is 11.7. The van der Waals surface area contributed by atoms with Crippen LogP contribution in [0.4, 0.5) is 0 Å². The number of pyridine rings is 1. The molecule has 134 valence electrons. The maximum absolute atomic E-state index is 11.7. The minimum atomic E-state index is -0.890. The molecule has 0 fully saturated rings. The predicted octanol–water partition coefficient (Wildman–Crippen LogP) is -0.288. The van der Waals surface area contributed by atoms with Crippen molar-refractivity contribution < 1.29 is 19.1 Å². The Bertz CT molecular complexity index is 791. The summed E-state index contributed by atoms with van der Waals surface area (Å²) in [6, 6.07) is 11.8. The van der Waals surface area contributed by atoms with E-state index >= 15 is 0 Å². The summed E-state index contributed by atoms with van der Waals surface area (Å²) < 4.78 is 5.11. The Kier molecular flexibility index (Phi) is 6.81. The van der Waals surface area contributed by atoms with Crippen LogP contribution in [0.1, 0.15) is 11.3 Å². The third-order valence-corrected chi connectivity index (χ3v) is 3.00. The zero-order valence-corrected chi connectivity index (χ0v) is 13.7. The summed E-state index contributed by atoms with van der Waals surface area (Å²) in [6.45, 7) is -0.0688. The van der Waals surface area contributed by atoms with Crippen molar-refractivity contribution in [1.29, 1.82) is 0 Å². The van der Waals surface area contributed by atoms with Crippen molar-refractivity contribution in [3.05, 3.63) is 59.9 Å². The van der Waals surface area contributed by atoms with E-state index in [1.807, 2.05) is 0 Å². The second kappa shape index (κ2) is 9.52. The van der Waals surface area contributed by atoms with Crippen LogP contribution in [-0.2, 0) is 20.9 Å². The fourth-order valence-corrected chi connectivity index (χ4v) is 1.77. The van der Waals surface area contributed by atoms with Crippen molar-refractivity contribution in [2.75, 3.05) is 6.61 Å². The van der Waals surface area contributed by atoms with Gasteiger partial charge in [0.25, 0.3) is 5.91 Å². The fourth-order valence-electron chi connectivity index (χ4n) is 1.77. The van der Waals surface area contributed by atoms with Gasteiger partial charge in [-0.2, -0.15) is 5.10 Å².